The first-order chi connectivity index (χ1) is 15.1. The van der Waals surface area contributed by atoms with Gasteiger partial charge in [0.2, 0.25) is 0 Å². The minimum atomic E-state index is -0.543. The Morgan fingerprint density at radius 2 is 1.65 bits per heavy atom. The lowest BCUT2D eigenvalue weighted by atomic mass is 10.1. The zero-order valence-corrected chi connectivity index (χ0v) is 17.5. The molecule has 0 bridgehead atoms. The van der Waals surface area contributed by atoms with Crippen molar-refractivity contribution in [3.05, 3.63) is 111 Å². The number of hydrogen-bond acceptors (Lipinski definition) is 4. The highest BCUT2D eigenvalue weighted by Gasteiger charge is 2.12. The predicted octanol–water partition coefficient (Wildman–Crippen LogP) is 3.34. The number of para-hydroxylation sites is 1. The number of H-pyrrole nitrogens is 1. The standard InChI is InChI=1S/C24H21N3O3S/c28-22(25-13-14-31-16-17-7-3-1-4-8-17)18-11-12-20-21(15-18)26-24(30)27(23(20)29)19-9-5-2-6-10-19/h1-12,15H,13-14,16H2,(H,25,28)(H,26,30). The number of rotatable bonds is 7. The highest BCUT2D eigenvalue weighted by atomic mass is 32.2. The van der Waals surface area contributed by atoms with Crippen LogP contribution < -0.4 is 16.6 Å². The van der Waals surface area contributed by atoms with Crippen LogP contribution in [0.1, 0.15) is 15.9 Å². The highest BCUT2D eigenvalue weighted by molar-refractivity contribution is 7.98. The topological polar surface area (TPSA) is 84.0 Å². The molecular weight excluding hydrogens is 410 g/mol. The number of benzene rings is 3. The largest absolute Gasteiger partial charge is 0.351 e. The van der Waals surface area contributed by atoms with E-state index in [0.29, 0.717) is 28.7 Å². The van der Waals surface area contributed by atoms with E-state index in [9.17, 15) is 14.4 Å². The highest BCUT2D eigenvalue weighted by Crippen LogP contribution is 2.12. The molecule has 0 aliphatic heterocycles. The minimum Gasteiger partial charge on any atom is -0.351 e. The maximum Gasteiger partial charge on any atom is 0.333 e. The first-order valence-corrected chi connectivity index (χ1v) is 11.0. The van der Waals surface area contributed by atoms with Crippen molar-refractivity contribution in [2.45, 2.75) is 5.75 Å². The smallest absolute Gasteiger partial charge is 0.333 e. The number of amides is 1. The Hall–Kier alpha value is -3.58. The van der Waals surface area contributed by atoms with E-state index in [1.807, 2.05) is 24.3 Å². The molecule has 0 aliphatic carbocycles. The summed E-state index contributed by atoms with van der Waals surface area (Å²) in [4.78, 5) is 40.5. The van der Waals surface area contributed by atoms with Crippen LogP contribution in [0, 0.1) is 0 Å². The molecule has 6 nitrogen and oxygen atoms in total. The van der Waals surface area contributed by atoms with Crippen molar-refractivity contribution >= 4 is 28.6 Å². The van der Waals surface area contributed by atoms with Gasteiger partial charge in [-0.15, -0.1) is 0 Å². The summed E-state index contributed by atoms with van der Waals surface area (Å²) in [6, 6.07) is 23.6. The summed E-state index contributed by atoms with van der Waals surface area (Å²) in [5.74, 6) is 1.43. The van der Waals surface area contributed by atoms with Gasteiger partial charge in [-0.2, -0.15) is 11.8 Å². The van der Waals surface area contributed by atoms with Crippen molar-refractivity contribution in [2.24, 2.45) is 0 Å². The maximum atomic E-state index is 12.8. The van der Waals surface area contributed by atoms with Crippen molar-refractivity contribution in [1.29, 1.82) is 0 Å². The normalized spacial score (nSPS) is 10.8. The predicted molar refractivity (Wildman–Crippen MR) is 125 cm³/mol. The molecule has 156 valence electrons. The van der Waals surface area contributed by atoms with Crippen LogP contribution in [-0.4, -0.2) is 27.8 Å². The van der Waals surface area contributed by atoms with Gasteiger partial charge in [0.25, 0.3) is 11.5 Å². The summed E-state index contributed by atoms with van der Waals surface area (Å²) >= 11 is 1.74. The van der Waals surface area contributed by atoms with Crippen LogP contribution >= 0.6 is 11.8 Å². The molecular formula is C24H21N3O3S. The van der Waals surface area contributed by atoms with Gasteiger partial charge >= 0.3 is 5.69 Å². The van der Waals surface area contributed by atoms with Crippen molar-refractivity contribution in [2.75, 3.05) is 12.3 Å². The van der Waals surface area contributed by atoms with E-state index in [4.69, 9.17) is 0 Å². The zero-order chi connectivity index (χ0) is 21.6. The fraction of sp³-hybridized carbons (Fsp3) is 0.125. The third-order valence-electron chi connectivity index (χ3n) is 4.82. The number of fused-ring (bicyclic) bond motifs is 1. The van der Waals surface area contributed by atoms with Gasteiger partial charge in [0, 0.05) is 23.6 Å². The van der Waals surface area contributed by atoms with E-state index < -0.39 is 11.2 Å². The molecule has 4 rings (SSSR count). The summed E-state index contributed by atoms with van der Waals surface area (Å²) in [5, 5.41) is 3.23. The van der Waals surface area contributed by atoms with Gasteiger partial charge in [0.15, 0.2) is 0 Å². The van der Waals surface area contributed by atoms with Gasteiger partial charge in [-0.1, -0.05) is 48.5 Å². The lowest BCUT2D eigenvalue weighted by Gasteiger charge is -2.08. The monoisotopic (exact) mass is 431 g/mol. The number of carbonyl (C=O) groups is 1. The Balaban J connectivity index is 1.44. The molecule has 31 heavy (non-hydrogen) atoms. The van der Waals surface area contributed by atoms with Crippen LogP contribution in [0.2, 0.25) is 0 Å². The van der Waals surface area contributed by atoms with E-state index in [1.165, 1.54) is 5.56 Å². The van der Waals surface area contributed by atoms with E-state index in [2.05, 4.69) is 22.4 Å². The van der Waals surface area contributed by atoms with Gasteiger partial charge in [0.1, 0.15) is 0 Å². The number of carbonyl (C=O) groups excluding carboxylic acids is 1. The van der Waals surface area contributed by atoms with Gasteiger partial charge < -0.3 is 10.3 Å². The van der Waals surface area contributed by atoms with E-state index in [1.54, 1.807) is 54.2 Å². The van der Waals surface area contributed by atoms with Crippen LogP contribution in [0.25, 0.3) is 16.6 Å². The Morgan fingerprint density at radius 3 is 2.39 bits per heavy atom. The first-order valence-electron chi connectivity index (χ1n) is 9.88. The van der Waals surface area contributed by atoms with E-state index >= 15 is 0 Å². The molecule has 1 amide bonds. The van der Waals surface area contributed by atoms with Crippen LogP contribution in [0.15, 0.2) is 88.5 Å². The minimum absolute atomic E-state index is 0.240. The number of aromatic nitrogens is 2. The summed E-state index contributed by atoms with van der Waals surface area (Å²) in [6.45, 7) is 0.528. The summed E-state index contributed by atoms with van der Waals surface area (Å²) in [5.41, 5.74) is 1.51. The van der Waals surface area contributed by atoms with Gasteiger partial charge in [-0.25, -0.2) is 9.36 Å². The second-order valence-electron chi connectivity index (χ2n) is 6.96. The second-order valence-corrected chi connectivity index (χ2v) is 8.07. The first kappa shape index (κ1) is 20.7. The second kappa shape index (κ2) is 9.49. The van der Waals surface area contributed by atoms with Crippen LogP contribution in [0.3, 0.4) is 0 Å². The van der Waals surface area contributed by atoms with Crippen molar-refractivity contribution < 1.29 is 4.79 Å². The molecule has 0 aliphatic rings. The molecule has 0 spiro atoms. The Morgan fingerprint density at radius 1 is 0.935 bits per heavy atom. The average Bonchev–Trinajstić information content (AvgIpc) is 2.80. The quantitative estimate of drug-likeness (QED) is 0.440. The number of hydrogen-bond donors (Lipinski definition) is 2. The zero-order valence-electron chi connectivity index (χ0n) is 16.7. The summed E-state index contributed by atoms with van der Waals surface area (Å²) in [6.07, 6.45) is 0. The molecule has 0 unspecified atom stereocenters. The van der Waals surface area contributed by atoms with E-state index in [0.717, 1.165) is 16.1 Å². The number of thioether (sulfide) groups is 1. The lowest BCUT2D eigenvalue weighted by Crippen LogP contribution is -2.33. The van der Waals surface area contributed by atoms with Crippen LogP contribution in [0.4, 0.5) is 0 Å². The van der Waals surface area contributed by atoms with Gasteiger partial charge in [-0.05, 0) is 35.9 Å². The molecule has 1 heterocycles. The third-order valence-corrected chi connectivity index (χ3v) is 5.85. The Bertz CT molecular complexity index is 1310. The maximum absolute atomic E-state index is 12.8. The molecule has 0 saturated heterocycles. The number of nitrogens with one attached hydrogen (secondary N) is 2. The summed E-state index contributed by atoms with van der Waals surface area (Å²) < 4.78 is 1.09. The molecule has 0 radical (unpaired) electrons. The van der Waals surface area contributed by atoms with Crippen molar-refractivity contribution in [3.63, 3.8) is 0 Å². The Labute approximate surface area is 182 Å². The molecule has 1 aromatic heterocycles. The molecule has 4 aromatic rings. The lowest BCUT2D eigenvalue weighted by molar-refractivity contribution is 0.0956. The third kappa shape index (κ3) is 4.78. The molecule has 0 saturated carbocycles. The van der Waals surface area contributed by atoms with Gasteiger partial charge in [0.05, 0.1) is 16.6 Å². The van der Waals surface area contributed by atoms with E-state index in [-0.39, 0.29) is 5.91 Å². The molecule has 0 atom stereocenters. The molecule has 3 aromatic carbocycles. The molecule has 7 heteroatoms. The molecule has 0 fully saturated rings. The average molecular weight is 432 g/mol. The van der Waals surface area contributed by atoms with Gasteiger partial charge in [-0.3, -0.25) is 9.59 Å². The van der Waals surface area contributed by atoms with Crippen LogP contribution in [0.5, 0.6) is 0 Å². The Kier molecular flexibility index (Phi) is 6.33. The fourth-order valence-electron chi connectivity index (χ4n) is 3.27. The van der Waals surface area contributed by atoms with Crippen molar-refractivity contribution in [3.8, 4) is 5.69 Å². The SMILES string of the molecule is O=C(NCCSCc1ccccc1)c1ccc2c(=O)n(-c3ccccc3)c(=O)[nH]c2c1. The van der Waals surface area contributed by atoms with Crippen LogP contribution in [-0.2, 0) is 5.75 Å². The summed E-state index contributed by atoms with van der Waals surface area (Å²) in [7, 11) is 0. The molecule has 2 N–H and O–H groups in total. The van der Waals surface area contributed by atoms with Crippen molar-refractivity contribution in [1.82, 2.24) is 14.9 Å². The number of nitrogens with zero attached hydrogens (tertiary/aromatic N) is 1. The number of aromatic amines is 1. The fourth-order valence-corrected chi connectivity index (χ4v) is 4.09.